The molecule has 1 N–H and O–H groups in total. The number of ether oxygens (including phenoxy) is 1. The summed E-state index contributed by atoms with van der Waals surface area (Å²) in [5, 5.41) is 2.83. The Kier molecular flexibility index (Phi) is 6.73. The summed E-state index contributed by atoms with van der Waals surface area (Å²) in [6.45, 7) is 9.01. The van der Waals surface area contributed by atoms with Gasteiger partial charge in [0, 0.05) is 28.7 Å². The van der Waals surface area contributed by atoms with E-state index in [1.54, 1.807) is 55.5 Å². The van der Waals surface area contributed by atoms with Gasteiger partial charge < -0.3 is 10.1 Å². The first-order valence-corrected chi connectivity index (χ1v) is 9.37. The van der Waals surface area contributed by atoms with Gasteiger partial charge in [0.1, 0.15) is 5.75 Å². The van der Waals surface area contributed by atoms with Gasteiger partial charge in [0.2, 0.25) is 11.7 Å². The Morgan fingerprint density at radius 3 is 1.96 bits per heavy atom. The van der Waals surface area contributed by atoms with Crippen LogP contribution in [0.25, 0.3) is 0 Å². The zero-order chi connectivity index (χ0) is 20.9. The summed E-state index contributed by atoms with van der Waals surface area (Å²) in [5.74, 6) is 0.340. The number of anilines is 1. The third-order valence-corrected chi connectivity index (χ3v) is 4.29. The molecule has 2 aromatic rings. The molecule has 0 unspecified atom stereocenters. The van der Waals surface area contributed by atoms with Crippen molar-refractivity contribution in [3.8, 4) is 5.75 Å². The highest BCUT2D eigenvalue weighted by atomic mass is 16.5. The fourth-order valence-electron chi connectivity index (χ4n) is 2.45. The van der Waals surface area contributed by atoms with E-state index in [0.717, 1.165) is 0 Å². The Bertz CT molecular complexity index is 846. The van der Waals surface area contributed by atoms with E-state index in [0.29, 0.717) is 29.0 Å². The van der Waals surface area contributed by atoms with Gasteiger partial charge in [-0.25, -0.2) is 0 Å². The van der Waals surface area contributed by atoms with Crippen molar-refractivity contribution in [3.63, 3.8) is 0 Å². The van der Waals surface area contributed by atoms with E-state index in [9.17, 15) is 14.4 Å². The SMILES string of the molecule is CCC(=O)c1ccc(O[C@@H](C)C(=O)c2ccc(NC(=O)C(C)(C)C)cc2)cc1. The predicted octanol–water partition coefficient (Wildman–Crippen LogP) is 4.91. The minimum absolute atomic E-state index is 0.0642. The zero-order valence-corrected chi connectivity index (χ0v) is 17.0. The molecular formula is C23H27NO4. The van der Waals surface area contributed by atoms with Gasteiger partial charge in [-0.1, -0.05) is 27.7 Å². The average molecular weight is 381 g/mol. The molecule has 0 spiro atoms. The molecule has 5 nitrogen and oxygen atoms in total. The van der Waals surface area contributed by atoms with E-state index in [-0.39, 0.29) is 17.5 Å². The Balaban J connectivity index is 2.01. The van der Waals surface area contributed by atoms with Crippen LogP contribution >= 0.6 is 0 Å². The molecule has 0 aliphatic rings. The number of benzene rings is 2. The van der Waals surface area contributed by atoms with Gasteiger partial charge in [-0.15, -0.1) is 0 Å². The monoisotopic (exact) mass is 381 g/mol. The van der Waals surface area contributed by atoms with E-state index < -0.39 is 11.5 Å². The molecule has 5 heteroatoms. The highest BCUT2D eigenvalue weighted by molar-refractivity contribution is 6.00. The molecule has 2 rings (SSSR count). The fraction of sp³-hybridized carbons (Fsp3) is 0.348. The Labute approximate surface area is 166 Å². The molecule has 0 bridgehead atoms. The quantitative estimate of drug-likeness (QED) is 0.691. The van der Waals surface area contributed by atoms with Crippen LogP contribution in [0.15, 0.2) is 48.5 Å². The third-order valence-electron chi connectivity index (χ3n) is 4.29. The Hall–Kier alpha value is -2.95. The molecule has 0 fully saturated rings. The highest BCUT2D eigenvalue weighted by Crippen LogP contribution is 2.20. The molecule has 1 amide bonds. The lowest BCUT2D eigenvalue weighted by Crippen LogP contribution is -2.27. The summed E-state index contributed by atoms with van der Waals surface area (Å²) in [6.07, 6.45) is -0.232. The minimum Gasteiger partial charge on any atom is -0.483 e. The molecule has 0 radical (unpaired) electrons. The van der Waals surface area contributed by atoms with Crippen LogP contribution in [-0.4, -0.2) is 23.6 Å². The molecule has 0 saturated heterocycles. The molecule has 0 aliphatic carbocycles. The zero-order valence-electron chi connectivity index (χ0n) is 17.0. The van der Waals surface area contributed by atoms with E-state index >= 15 is 0 Å². The topological polar surface area (TPSA) is 72.5 Å². The number of ketones is 2. The van der Waals surface area contributed by atoms with Crippen LogP contribution in [0.4, 0.5) is 5.69 Å². The summed E-state index contributed by atoms with van der Waals surface area (Å²) in [5.41, 5.74) is 1.27. The molecule has 28 heavy (non-hydrogen) atoms. The number of carbonyl (C=O) groups excluding carboxylic acids is 3. The van der Waals surface area contributed by atoms with Gasteiger partial charge in [0.05, 0.1) is 0 Å². The van der Waals surface area contributed by atoms with Crippen molar-refractivity contribution >= 4 is 23.2 Å². The molecule has 0 aromatic heterocycles. The molecule has 0 aliphatic heterocycles. The maximum Gasteiger partial charge on any atom is 0.229 e. The van der Waals surface area contributed by atoms with Gasteiger partial charge in [0.25, 0.3) is 0 Å². The summed E-state index contributed by atoms with van der Waals surface area (Å²) >= 11 is 0. The predicted molar refractivity (Wildman–Crippen MR) is 110 cm³/mol. The van der Waals surface area contributed by atoms with Crippen molar-refractivity contribution < 1.29 is 19.1 Å². The van der Waals surface area contributed by atoms with Crippen LogP contribution in [0.3, 0.4) is 0 Å². The van der Waals surface area contributed by atoms with Gasteiger partial charge >= 0.3 is 0 Å². The van der Waals surface area contributed by atoms with Crippen LogP contribution in [0.2, 0.25) is 0 Å². The van der Waals surface area contributed by atoms with Gasteiger partial charge in [-0.2, -0.15) is 0 Å². The van der Waals surface area contributed by atoms with E-state index in [1.807, 2.05) is 27.7 Å². The summed E-state index contributed by atoms with van der Waals surface area (Å²) in [6, 6.07) is 13.5. The number of hydrogen-bond donors (Lipinski definition) is 1. The second kappa shape index (κ2) is 8.83. The number of Topliss-reactive ketones (excluding diaryl/α,β-unsaturated/α-hetero) is 2. The number of amides is 1. The molecule has 148 valence electrons. The number of rotatable bonds is 7. The van der Waals surface area contributed by atoms with Crippen molar-refractivity contribution in [2.45, 2.75) is 47.1 Å². The van der Waals surface area contributed by atoms with Gasteiger partial charge in [-0.3, -0.25) is 14.4 Å². The molecule has 0 saturated carbocycles. The van der Waals surface area contributed by atoms with Crippen molar-refractivity contribution in [2.75, 3.05) is 5.32 Å². The number of nitrogens with one attached hydrogen (secondary N) is 1. The van der Waals surface area contributed by atoms with Crippen molar-refractivity contribution in [1.29, 1.82) is 0 Å². The molecule has 2 aromatic carbocycles. The van der Waals surface area contributed by atoms with Crippen LogP contribution in [-0.2, 0) is 4.79 Å². The first-order valence-electron chi connectivity index (χ1n) is 9.37. The smallest absolute Gasteiger partial charge is 0.229 e. The molecule has 1 atom stereocenters. The third kappa shape index (κ3) is 5.52. The molecular weight excluding hydrogens is 354 g/mol. The lowest BCUT2D eigenvalue weighted by atomic mass is 9.95. The van der Waals surface area contributed by atoms with E-state index in [4.69, 9.17) is 4.74 Å². The van der Waals surface area contributed by atoms with Crippen LogP contribution in [0.5, 0.6) is 5.75 Å². The van der Waals surface area contributed by atoms with E-state index in [2.05, 4.69) is 5.32 Å². The largest absolute Gasteiger partial charge is 0.483 e. The minimum atomic E-state index is -0.678. The van der Waals surface area contributed by atoms with Crippen LogP contribution in [0, 0.1) is 5.41 Å². The maximum absolute atomic E-state index is 12.6. The van der Waals surface area contributed by atoms with Crippen molar-refractivity contribution in [2.24, 2.45) is 5.41 Å². The number of carbonyl (C=O) groups is 3. The first-order chi connectivity index (χ1) is 13.1. The van der Waals surface area contributed by atoms with Crippen molar-refractivity contribution in [3.05, 3.63) is 59.7 Å². The Morgan fingerprint density at radius 1 is 0.929 bits per heavy atom. The lowest BCUT2D eigenvalue weighted by molar-refractivity contribution is -0.123. The Morgan fingerprint density at radius 2 is 1.46 bits per heavy atom. The van der Waals surface area contributed by atoms with E-state index in [1.165, 1.54) is 0 Å². The fourth-order valence-corrected chi connectivity index (χ4v) is 2.45. The first kappa shape index (κ1) is 21.4. The van der Waals surface area contributed by atoms with Gasteiger partial charge in [0.15, 0.2) is 11.9 Å². The standard InChI is InChI=1S/C23H27NO4/c1-6-20(25)16-9-13-19(14-10-16)28-15(2)21(26)17-7-11-18(12-8-17)24-22(27)23(3,4)5/h7-15H,6H2,1-5H3,(H,24,27)/t15-/m0/s1. The highest BCUT2D eigenvalue weighted by Gasteiger charge is 2.21. The summed E-state index contributed by atoms with van der Waals surface area (Å²) in [7, 11) is 0. The maximum atomic E-state index is 12.6. The summed E-state index contributed by atoms with van der Waals surface area (Å²) < 4.78 is 5.71. The number of hydrogen-bond acceptors (Lipinski definition) is 4. The summed E-state index contributed by atoms with van der Waals surface area (Å²) in [4.78, 5) is 36.3. The second-order valence-electron chi connectivity index (χ2n) is 7.71. The molecule has 0 heterocycles. The van der Waals surface area contributed by atoms with Crippen LogP contribution in [0.1, 0.15) is 61.8 Å². The lowest BCUT2D eigenvalue weighted by Gasteiger charge is -2.18. The van der Waals surface area contributed by atoms with Crippen molar-refractivity contribution in [1.82, 2.24) is 0 Å². The normalized spacial score (nSPS) is 12.2. The average Bonchev–Trinajstić information content (AvgIpc) is 2.67. The van der Waals surface area contributed by atoms with Crippen LogP contribution < -0.4 is 10.1 Å². The second-order valence-corrected chi connectivity index (χ2v) is 7.71. The van der Waals surface area contributed by atoms with Gasteiger partial charge in [-0.05, 0) is 55.5 Å².